The summed E-state index contributed by atoms with van der Waals surface area (Å²) >= 11 is 7.69. The Labute approximate surface area is 214 Å². The van der Waals surface area contributed by atoms with Crippen molar-refractivity contribution in [2.24, 2.45) is 0 Å². The first-order valence-corrected chi connectivity index (χ1v) is 12.8. The third-order valence-corrected chi connectivity index (χ3v) is 6.91. The summed E-state index contributed by atoms with van der Waals surface area (Å²) in [7, 11) is 0. The van der Waals surface area contributed by atoms with Crippen LogP contribution in [0.3, 0.4) is 0 Å². The van der Waals surface area contributed by atoms with Crippen LogP contribution in [0.5, 0.6) is 5.75 Å². The van der Waals surface area contributed by atoms with Crippen LogP contribution in [0.4, 0.5) is 4.79 Å². The second kappa shape index (κ2) is 10.7. The molecular weight excluding hydrogens is 486 g/mol. The molecule has 0 fully saturated rings. The van der Waals surface area contributed by atoms with Crippen molar-refractivity contribution < 1.29 is 18.7 Å². The molecule has 0 unspecified atom stereocenters. The van der Waals surface area contributed by atoms with Gasteiger partial charge in [0.1, 0.15) is 24.7 Å². The number of urea groups is 1. The van der Waals surface area contributed by atoms with Crippen LogP contribution in [-0.2, 0) is 17.8 Å². The highest BCUT2D eigenvalue weighted by atomic mass is 35.5. The molecule has 3 heterocycles. The summed E-state index contributed by atoms with van der Waals surface area (Å²) in [5, 5.41) is 5.64. The molecule has 186 valence electrons. The van der Waals surface area contributed by atoms with E-state index < -0.39 is 5.54 Å². The highest BCUT2D eigenvalue weighted by molar-refractivity contribution is 7.10. The Hall–Kier alpha value is -2.97. The van der Waals surface area contributed by atoms with E-state index >= 15 is 0 Å². The van der Waals surface area contributed by atoms with Crippen LogP contribution in [0.2, 0.25) is 5.02 Å². The van der Waals surface area contributed by atoms with Gasteiger partial charge in [-0.2, -0.15) is 0 Å². The number of hydrogen-bond acceptors (Lipinski definition) is 5. The fourth-order valence-corrected chi connectivity index (χ4v) is 5.08. The van der Waals surface area contributed by atoms with Gasteiger partial charge >= 0.3 is 6.03 Å². The van der Waals surface area contributed by atoms with Crippen molar-refractivity contribution in [2.75, 3.05) is 19.7 Å². The summed E-state index contributed by atoms with van der Waals surface area (Å²) in [6.45, 7) is 6.73. The van der Waals surface area contributed by atoms with E-state index in [4.69, 9.17) is 20.8 Å². The van der Waals surface area contributed by atoms with Crippen LogP contribution < -0.4 is 10.1 Å². The van der Waals surface area contributed by atoms with Gasteiger partial charge in [0.2, 0.25) is 5.91 Å². The lowest BCUT2D eigenvalue weighted by Crippen LogP contribution is -2.52. The lowest BCUT2D eigenvalue weighted by Gasteiger charge is -2.37. The van der Waals surface area contributed by atoms with Crippen molar-refractivity contribution in [1.29, 1.82) is 0 Å². The number of fused-ring (bicyclic) bond motifs is 1. The Morgan fingerprint density at radius 3 is 2.69 bits per heavy atom. The van der Waals surface area contributed by atoms with Crippen LogP contribution >= 0.6 is 22.9 Å². The lowest BCUT2D eigenvalue weighted by atomic mass is 10.0. The number of carbonyl (C=O) groups is 2. The van der Waals surface area contributed by atoms with E-state index in [0.29, 0.717) is 29.7 Å². The molecule has 0 saturated carbocycles. The van der Waals surface area contributed by atoms with Crippen molar-refractivity contribution in [3.05, 3.63) is 75.3 Å². The minimum Gasteiger partial charge on any atom is -0.491 e. The van der Waals surface area contributed by atoms with Gasteiger partial charge in [0.15, 0.2) is 0 Å². The van der Waals surface area contributed by atoms with Gasteiger partial charge < -0.3 is 24.3 Å². The van der Waals surface area contributed by atoms with E-state index in [1.54, 1.807) is 41.9 Å². The van der Waals surface area contributed by atoms with Crippen molar-refractivity contribution in [3.8, 4) is 5.75 Å². The van der Waals surface area contributed by atoms with Crippen molar-refractivity contribution in [1.82, 2.24) is 15.1 Å². The second-order valence-corrected chi connectivity index (χ2v) is 11.0. The minimum absolute atomic E-state index is 0.0699. The quantitative estimate of drug-likeness (QED) is 0.450. The lowest BCUT2D eigenvalue weighted by molar-refractivity contribution is -0.135. The Morgan fingerprint density at radius 2 is 2.00 bits per heavy atom. The fourth-order valence-electron chi connectivity index (χ4n) is 4.02. The average molecular weight is 516 g/mol. The summed E-state index contributed by atoms with van der Waals surface area (Å²) in [6, 6.07) is 12.2. The maximum absolute atomic E-state index is 13.6. The number of thiophene rings is 1. The number of nitrogens with one attached hydrogen (secondary N) is 1. The zero-order valence-corrected chi connectivity index (χ0v) is 21.7. The van der Waals surface area contributed by atoms with Gasteiger partial charge in [-0.3, -0.25) is 4.79 Å². The first-order valence-electron chi connectivity index (χ1n) is 11.5. The maximum atomic E-state index is 13.6. The molecule has 0 radical (unpaired) electrons. The van der Waals surface area contributed by atoms with Crippen molar-refractivity contribution in [3.63, 3.8) is 0 Å². The highest BCUT2D eigenvalue weighted by Crippen LogP contribution is 2.34. The normalized spacial score (nSPS) is 15.4. The molecule has 4 rings (SSSR count). The summed E-state index contributed by atoms with van der Waals surface area (Å²) in [6.07, 6.45) is 2.34. The van der Waals surface area contributed by atoms with E-state index in [1.165, 1.54) is 9.78 Å². The fraction of sp³-hybridized carbons (Fsp3) is 0.385. The first-order chi connectivity index (χ1) is 16.7. The van der Waals surface area contributed by atoms with E-state index in [-0.39, 0.29) is 31.1 Å². The predicted octanol–water partition coefficient (Wildman–Crippen LogP) is 5.51. The molecule has 0 aliphatic carbocycles. The molecule has 3 amide bonds. The summed E-state index contributed by atoms with van der Waals surface area (Å²) in [4.78, 5) is 31.2. The summed E-state index contributed by atoms with van der Waals surface area (Å²) in [5.41, 5.74) is 0.660. The molecule has 2 aromatic heterocycles. The van der Waals surface area contributed by atoms with Crippen molar-refractivity contribution >= 4 is 34.9 Å². The number of halogens is 1. The molecule has 1 aliphatic heterocycles. The third kappa shape index (κ3) is 6.58. The van der Waals surface area contributed by atoms with Gasteiger partial charge in [-0.15, -0.1) is 11.3 Å². The molecule has 0 saturated heterocycles. The molecule has 9 heteroatoms. The Kier molecular flexibility index (Phi) is 7.72. The monoisotopic (exact) mass is 515 g/mol. The highest BCUT2D eigenvalue weighted by Gasteiger charge is 2.34. The first kappa shape index (κ1) is 25.1. The van der Waals surface area contributed by atoms with Crippen molar-refractivity contribution in [2.45, 2.75) is 45.3 Å². The molecule has 1 N–H and O–H groups in total. The van der Waals surface area contributed by atoms with Gasteiger partial charge in [-0.1, -0.05) is 11.6 Å². The second-order valence-electron chi connectivity index (χ2n) is 9.53. The smallest absolute Gasteiger partial charge is 0.318 e. The van der Waals surface area contributed by atoms with Crippen LogP contribution in [0.25, 0.3) is 0 Å². The molecular formula is C26H30ClN3O4S. The Balaban J connectivity index is 1.52. The SMILES string of the molecule is CC(C)(C)NC(=O)N(CC(=O)N1CCc2sccc2[C@@H]1COc1ccc(Cl)cc1)Cc1ccco1. The Bertz CT molecular complexity index is 1140. The molecule has 35 heavy (non-hydrogen) atoms. The molecule has 1 aliphatic rings. The maximum Gasteiger partial charge on any atom is 0.318 e. The van der Waals surface area contributed by atoms with Crippen LogP contribution in [0.1, 0.15) is 43.0 Å². The van der Waals surface area contributed by atoms with Gasteiger partial charge in [0.25, 0.3) is 0 Å². The van der Waals surface area contributed by atoms with Crippen LogP contribution in [0, 0.1) is 0 Å². The van der Waals surface area contributed by atoms with E-state index in [1.807, 2.05) is 43.2 Å². The van der Waals surface area contributed by atoms with Gasteiger partial charge in [-0.25, -0.2) is 4.79 Å². The number of amides is 3. The number of carbonyl (C=O) groups excluding carboxylic acids is 2. The standard InChI is InChI=1S/C26H30ClN3O4S/c1-26(2,3)28-25(32)29(15-20-5-4-13-33-20)16-24(31)30-12-10-23-21(11-14-35-23)22(30)17-34-19-8-6-18(27)7-9-19/h4-9,11,13-14,22H,10,12,15-17H2,1-3H3,(H,28,32)/t22-/m0/s1. The number of ether oxygens (including phenoxy) is 1. The number of benzene rings is 1. The van der Waals surface area contributed by atoms with E-state index in [2.05, 4.69) is 11.4 Å². The number of nitrogens with zero attached hydrogens (tertiary/aromatic N) is 2. The molecule has 7 nitrogen and oxygen atoms in total. The number of hydrogen-bond donors (Lipinski definition) is 1. The van der Waals surface area contributed by atoms with Crippen LogP contribution in [-0.4, -0.2) is 47.0 Å². The van der Waals surface area contributed by atoms with Gasteiger partial charge in [-0.05, 0) is 80.6 Å². The summed E-state index contributed by atoms with van der Waals surface area (Å²) in [5.74, 6) is 1.17. The minimum atomic E-state index is -0.437. The van der Waals surface area contributed by atoms with Crippen LogP contribution in [0.15, 0.2) is 58.5 Å². The average Bonchev–Trinajstić information content (AvgIpc) is 3.48. The molecule has 3 aromatic rings. The number of rotatable bonds is 7. The van der Waals surface area contributed by atoms with E-state index in [9.17, 15) is 9.59 Å². The zero-order chi connectivity index (χ0) is 25.0. The third-order valence-electron chi connectivity index (χ3n) is 5.66. The topological polar surface area (TPSA) is 75.0 Å². The molecule has 0 bridgehead atoms. The zero-order valence-electron chi connectivity index (χ0n) is 20.1. The Morgan fingerprint density at radius 1 is 1.23 bits per heavy atom. The summed E-state index contributed by atoms with van der Waals surface area (Å²) < 4.78 is 11.5. The van der Waals surface area contributed by atoms with Gasteiger partial charge in [0.05, 0.1) is 18.8 Å². The molecule has 1 aromatic carbocycles. The predicted molar refractivity (Wildman–Crippen MR) is 137 cm³/mol. The molecule has 0 spiro atoms. The molecule has 1 atom stereocenters. The largest absolute Gasteiger partial charge is 0.491 e. The van der Waals surface area contributed by atoms with Gasteiger partial charge in [0, 0.05) is 22.0 Å². The van der Waals surface area contributed by atoms with E-state index in [0.717, 1.165) is 12.0 Å². The number of furan rings is 1.